The van der Waals surface area contributed by atoms with Crippen LogP contribution >= 0.6 is 11.6 Å². The van der Waals surface area contributed by atoms with E-state index in [9.17, 15) is 18.0 Å². The lowest BCUT2D eigenvalue weighted by Gasteiger charge is -2.13. The van der Waals surface area contributed by atoms with Crippen molar-refractivity contribution < 1.29 is 27.4 Å². The number of esters is 1. The van der Waals surface area contributed by atoms with E-state index in [4.69, 9.17) is 16.9 Å². The quantitative estimate of drug-likeness (QED) is 0.781. The standard InChI is InChI=1S/C10H5ClF3NO3/c1-17-9(16)8-6(11)2-5(4-15)3-7(8)18-10(12,13)14/h2-3H,1H3. The van der Waals surface area contributed by atoms with Crippen molar-refractivity contribution in [2.24, 2.45) is 0 Å². The van der Waals surface area contributed by atoms with E-state index in [0.29, 0.717) is 0 Å². The first-order valence-corrected chi connectivity index (χ1v) is 4.74. The maximum atomic E-state index is 12.2. The zero-order valence-electron chi connectivity index (χ0n) is 8.84. The van der Waals surface area contributed by atoms with E-state index in [0.717, 1.165) is 19.2 Å². The van der Waals surface area contributed by atoms with Crippen molar-refractivity contribution in [1.82, 2.24) is 0 Å². The largest absolute Gasteiger partial charge is 0.573 e. The van der Waals surface area contributed by atoms with Crippen LogP contribution in [-0.2, 0) is 4.74 Å². The SMILES string of the molecule is COC(=O)c1c(Cl)cc(C#N)cc1OC(F)(F)F. The molecule has 0 heterocycles. The molecule has 0 fully saturated rings. The van der Waals surface area contributed by atoms with Crippen molar-refractivity contribution >= 4 is 17.6 Å². The average Bonchev–Trinajstić information content (AvgIpc) is 2.25. The minimum Gasteiger partial charge on any atom is -0.465 e. The normalized spacial score (nSPS) is 10.7. The molecule has 1 aromatic rings. The fourth-order valence-electron chi connectivity index (χ4n) is 1.15. The van der Waals surface area contributed by atoms with Gasteiger partial charge < -0.3 is 9.47 Å². The van der Waals surface area contributed by atoms with Gasteiger partial charge >= 0.3 is 12.3 Å². The van der Waals surface area contributed by atoms with Crippen LogP contribution in [0.25, 0.3) is 0 Å². The number of nitrogens with zero attached hydrogens (tertiary/aromatic N) is 1. The Hall–Kier alpha value is -1.94. The fraction of sp³-hybridized carbons (Fsp3) is 0.200. The smallest absolute Gasteiger partial charge is 0.465 e. The van der Waals surface area contributed by atoms with Gasteiger partial charge in [-0.25, -0.2) is 4.79 Å². The Morgan fingerprint density at radius 2 is 2.06 bits per heavy atom. The van der Waals surface area contributed by atoms with Crippen molar-refractivity contribution in [2.75, 3.05) is 7.11 Å². The molecular formula is C10H5ClF3NO3. The molecular weight excluding hydrogens is 275 g/mol. The van der Waals surface area contributed by atoms with Gasteiger partial charge in [0, 0.05) is 0 Å². The molecule has 4 nitrogen and oxygen atoms in total. The second kappa shape index (κ2) is 5.14. The maximum absolute atomic E-state index is 12.2. The molecule has 18 heavy (non-hydrogen) atoms. The van der Waals surface area contributed by atoms with Crippen LogP contribution < -0.4 is 4.74 Å². The molecule has 1 aromatic carbocycles. The van der Waals surface area contributed by atoms with Crippen molar-refractivity contribution in [2.45, 2.75) is 6.36 Å². The van der Waals surface area contributed by atoms with E-state index in [2.05, 4.69) is 9.47 Å². The lowest BCUT2D eigenvalue weighted by molar-refractivity contribution is -0.274. The number of carbonyl (C=O) groups is 1. The van der Waals surface area contributed by atoms with Gasteiger partial charge in [-0.2, -0.15) is 5.26 Å². The van der Waals surface area contributed by atoms with E-state index in [1.165, 1.54) is 0 Å². The third kappa shape index (κ3) is 3.28. The summed E-state index contributed by atoms with van der Waals surface area (Å²) in [6.07, 6.45) is -5.01. The number of methoxy groups -OCH3 is 1. The van der Waals surface area contributed by atoms with Crippen LogP contribution in [0, 0.1) is 11.3 Å². The van der Waals surface area contributed by atoms with Crippen molar-refractivity contribution in [3.8, 4) is 11.8 Å². The molecule has 0 N–H and O–H groups in total. The third-order valence-electron chi connectivity index (χ3n) is 1.80. The second-order valence-electron chi connectivity index (χ2n) is 2.98. The molecule has 0 aliphatic rings. The van der Waals surface area contributed by atoms with Gasteiger partial charge in [0.15, 0.2) is 0 Å². The molecule has 0 bridgehead atoms. The molecule has 0 saturated carbocycles. The summed E-state index contributed by atoms with van der Waals surface area (Å²) in [5, 5.41) is 8.25. The predicted molar refractivity (Wildman–Crippen MR) is 54.2 cm³/mol. The zero-order chi connectivity index (χ0) is 13.9. The van der Waals surface area contributed by atoms with Crippen molar-refractivity contribution in [3.63, 3.8) is 0 Å². The number of hydrogen-bond donors (Lipinski definition) is 0. The molecule has 0 amide bonds. The van der Waals surface area contributed by atoms with Gasteiger partial charge in [-0.1, -0.05) is 11.6 Å². The van der Waals surface area contributed by atoms with E-state index in [1.807, 2.05) is 0 Å². The Morgan fingerprint density at radius 3 is 2.50 bits per heavy atom. The Labute approximate surface area is 104 Å². The number of rotatable bonds is 2. The Kier molecular flexibility index (Phi) is 4.03. The summed E-state index contributed by atoms with van der Waals surface area (Å²) in [5.41, 5.74) is -0.762. The van der Waals surface area contributed by atoms with E-state index in [-0.39, 0.29) is 10.6 Å². The highest BCUT2D eigenvalue weighted by atomic mass is 35.5. The molecule has 0 unspecified atom stereocenters. The number of carbonyl (C=O) groups excluding carboxylic acids is 1. The van der Waals surface area contributed by atoms with E-state index < -0.39 is 23.6 Å². The van der Waals surface area contributed by atoms with E-state index in [1.54, 1.807) is 6.07 Å². The topological polar surface area (TPSA) is 59.3 Å². The lowest BCUT2D eigenvalue weighted by Crippen LogP contribution is -2.19. The highest BCUT2D eigenvalue weighted by Gasteiger charge is 2.34. The molecule has 0 atom stereocenters. The van der Waals surface area contributed by atoms with Crippen LogP contribution in [0.5, 0.6) is 5.75 Å². The molecule has 0 aliphatic heterocycles. The minimum absolute atomic E-state index is 0.174. The number of halogens is 4. The molecule has 96 valence electrons. The predicted octanol–water partition coefficient (Wildman–Crippen LogP) is 2.90. The molecule has 0 saturated heterocycles. The van der Waals surface area contributed by atoms with Gasteiger partial charge in [-0.05, 0) is 12.1 Å². The molecule has 0 radical (unpaired) electrons. The highest BCUT2D eigenvalue weighted by molar-refractivity contribution is 6.34. The number of nitriles is 1. The third-order valence-corrected chi connectivity index (χ3v) is 2.10. The van der Waals surface area contributed by atoms with Gasteiger partial charge in [0.1, 0.15) is 11.3 Å². The number of benzene rings is 1. The van der Waals surface area contributed by atoms with Gasteiger partial charge in [0.2, 0.25) is 0 Å². The molecule has 0 spiro atoms. The zero-order valence-corrected chi connectivity index (χ0v) is 9.59. The summed E-state index contributed by atoms with van der Waals surface area (Å²) < 4.78 is 44.4. The summed E-state index contributed by atoms with van der Waals surface area (Å²) >= 11 is 5.62. The first kappa shape index (κ1) is 14.1. The Balaban J connectivity index is 3.39. The highest BCUT2D eigenvalue weighted by Crippen LogP contribution is 2.33. The summed E-state index contributed by atoms with van der Waals surface area (Å²) in [7, 11) is 0.980. The van der Waals surface area contributed by atoms with E-state index >= 15 is 0 Å². The first-order chi connectivity index (χ1) is 8.28. The van der Waals surface area contributed by atoms with Gasteiger partial charge in [0.05, 0.1) is 23.8 Å². The summed E-state index contributed by atoms with van der Waals surface area (Å²) in [4.78, 5) is 11.3. The van der Waals surface area contributed by atoms with Crippen LogP contribution in [0.4, 0.5) is 13.2 Å². The lowest BCUT2D eigenvalue weighted by atomic mass is 10.1. The number of alkyl halides is 3. The molecule has 0 aliphatic carbocycles. The molecule has 8 heteroatoms. The van der Waals surface area contributed by atoms with Crippen LogP contribution in [-0.4, -0.2) is 19.4 Å². The summed E-state index contributed by atoms with van der Waals surface area (Å²) in [6, 6.07) is 3.39. The van der Waals surface area contributed by atoms with Crippen LogP contribution in [0.2, 0.25) is 5.02 Å². The number of hydrogen-bond acceptors (Lipinski definition) is 4. The van der Waals surface area contributed by atoms with Gasteiger partial charge in [0.25, 0.3) is 0 Å². The van der Waals surface area contributed by atoms with Crippen LogP contribution in [0.15, 0.2) is 12.1 Å². The van der Waals surface area contributed by atoms with Gasteiger partial charge in [-0.15, -0.1) is 13.2 Å². The minimum atomic E-state index is -5.01. The molecule has 1 rings (SSSR count). The second-order valence-corrected chi connectivity index (χ2v) is 3.39. The van der Waals surface area contributed by atoms with Crippen LogP contribution in [0.3, 0.4) is 0 Å². The fourth-order valence-corrected chi connectivity index (χ4v) is 1.44. The molecule has 0 aromatic heterocycles. The monoisotopic (exact) mass is 279 g/mol. The van der Waals surface area contributed by atoms with Crippen molar-refractivity contribution in [3.05, 3.63) is 28.3 Å². The van der Waals surface area contributed by atoms with Crippen LogP contribution in [0.1, 0.15) is 15.9 Å². The Bertz CT molecular complexity index is 522. The Morgan fingerprint density at radius 1 is 1.44 bits per heavy atom. The van der Waals surface area contributed by atoms with Gasteiger partial charge in [-0.3, -0.25) is 0 Å². The number of ether oxygens (including phenoxy) is 2. The average molecular weight is 280 g/mol. The van der Waals surface area contributed by atoms with Crippen molar-refractivity contribution in [1.29, 1.82) is 5.26 Å². The first-order valence-electron chi connectivity index (χ1n) is 4.36. The summed E-state index contributed by atoms with van der Waals surface area (Å²) in [5.74, 6) is -1.97. The maximum Gasteiger partial charge on any atom is 0.573 e. The summed E-state index contributed by atoms with van der Waals surface area (Å²) in [6.45, 7) is 0.